The minimum atomic E-state index is -3.64. The van der Waals surface area contributed by atoms with Gasteiger partial charge in [0.25, 0.3) is 0 Å². The van der Waals surface area contributed by atoms with Gasteiger partial charge in [-0.1, -0.05) is 30.3 Å². The maximum absolute atomic E-state index is 12.4. The fraction of sp³-hybridized carbons (Fsp3) is 0.700. The Hall–Kier alpha value is -2.22. The number of amides is 2. The van der Waals surface area contributed by atoms with Crippen molar-refractivity contribution < 1.29 is 67.3 Å². The number of nitrogens with one attached hydrogen (secondary N) is 2. The smallest absolute Gasteiger partial charge is 0.431 e. The van der Waals surface area contributed by atoms with Gasteiger partial charge in [-0.2, -0.15) is 0 Å². The molecule has 0 aliphatic carbocycles. The lowest BCUT2D eigenvalue weighted by Gasteiger charge is -2.42. The summed E-state index contributed by atoms with van der Waals surface area (Å²) in [4.78, 5) is 46.5. The zero-order valence-electron chi connectivity index (χ0n) is 27.5. The van der Waals surface area contributed by atoms with Gasteiger partial charge in [0, 0.05) is 45.5 Å². The first kappa shape index (κ1) is 41.2. The van der Waals surface area contributed by atoms with Crippen molar-refractivity contribution in [2.24, 2.45) is 5.92 Å². The van der Waals surface area contributed by atoms with Gasteiger partial charge in [0.1, 0.15) is 57.6 Å². The van der Waals surface area contributed by atoms with Crippen molar-refractivity contribution in [3.05, 3.63) is 35.9 Å². The SMILES string of the molecule is [B][C@@H]1O[C@H](COC(=O)OCc2ccccc2)[C@H](OP(O)(=S)OC)C1CCCNC(=O)CCCCO[C@@H]1O[C@H](CO)[C@H](O)[C@H](O)[C@H]1NC(C)=O. The molecule has 49 heavy (non-hydrogen) atoms. The molecule has 2 radical (unpaired) electrons. The van der Waals surface area contributed by atoms with Crippen LogP contribution in [0.25, 0.3) is 0 Å². The van der Waals surface area contributed by atoms with E-state index in [9.17, 15) is 34.6 Å². The highest BCUT2D eigenvalue weighted by molar-refractivity contribution is 8.07. The number of aliphatic hydroxyl groups is 3. The van der Waals surface area contributed by atoms with Gasteiger partial charge in [0.2, 0.25) is 11.8 Å². The predicted octanol–water partition coefficient (Wildman–Crippen LogP) is 0.125. The summed E-state index contributed by atoms with van der Waals surface area (Å²) in [5.41, 5.74) is 0.783. The molecule has 2 unspecified atom stereocenters. The van der Waals surface area contributed by atoms with E-state index in [1.165, 1.54) is 14.0 Å². The van der Waals surface area contributed by atoms with Crippen molar-refractivity contribution in [3.63, 3.8) is 0 Å². The van der Waals surface area contributed by atoms with Crippen LogP contribution >= 0.6 is 6.72 Å². The van der Waals surface area contributed by atoms with Crippen LogP contribution in [-0.2, 0) is 60.7 Å². The summed E-state index contributed by atoms with van der Waals surface area (Å²) in [6.07, 6.45) is -5.64. The molecule has 0 bridgehead atoms. The van der Waals surface area contributed by atoms with Gasteiger partial charge in [-0.3, -0.25) is 9.59 Å². The van der Waals surface area contributed by atoms with Gasteiger partial charge in [-0.15, -0.1) is 0 Å². The second kappa shape index (κ2) is 20.6. The molecule has 1 aromatic rings. The fourth-order valence-corrected chi connectivity index (χ4v) is 6.39. The molecule has 2 amide bonds. The van der Waals surface area contributed by atoms with Crippen LogP contribution in [-0.4, -0.2) is 128 Å². The Balaban J connectivity index is 1.39. The molecule has 0 spiro atoms. The van der Waals surface area contributed by atoms with Crippen LogP contribution in [0.5, 0.6) is 0 Å². The van der Waals surface area contributed by atoms with Gasteiger partial charge in [0.15, 0.2) is 6.29 Å². The van der Waals surface area contributed by atoms with E-state index in [1.54, 1.807) is 12.1 Å². The normalized spacial score (nSPS) is 29.5. The van der Waals surface area contributed by atoms with E-state index in [0.29, 0.717) is 32.2 Å². The number of carbonyl (C=O) groups excluding carboxylic acids is 3. The topological polar surface area (TPSA) is 221 Å². The summed E-state index contributed by atoms with van der Waals surface area (Å²) in [6, 6.07) is 7.19. The van der Waals surface area contributed by atoms with Crippen molar-refractivity contribution in [3.8, 4) is 0 Å². The van der Waals surface area contributed by atoms with Crippen LogP contribution < -0.4 is 10.6 Å². The lowest BCUT2D eigenvalue weighted by atomic mass is 9.82. The number of ether oxygens (including phenoxy) is 5. The molecule has 2 heterocycles. The average molecular weight is 733 g/mol. The molecule has 2 fully saturated rings. The van der Waals surface area contributed by atoms with Crippen molar-refractivity contribution in [2.45, 2.75) is 94.5 Å². The van der Waals surface area contributed by atoms with Crippen LogP contribution in [0.1, 0.15) is 44.6 Å². The first-order chi connectivity index (χ1) is 23.3. The van der Waals surface area contributed by atoms with Gasteiger partial charge in [0.05, 0.1) is 6.61 Å². The van der Waals surface area contributed by atoms with Crippen molar-refractivity contribution >= 4 is 44.3 Å². The Kier molecular flexibility index (Phi) is 17.3. The Bertz CT molecular complexity index is 1240. The minimum absolute atomic E-state index is 0.0201. The molecule has 1 aromatic carbocycles. The van der Waals surface area contributed by atoms with Crippen molar-refractivity contribution in [1.82, 2.24) is 10.6 Å². The monoisotopic (exact) mass is 732 g/mol. The lowest BCUT2D eigenvalue weighted by molar-refractivity contribution is -0.270. The third-order valence-electron chi connectivity index (χ3n) is 7.96. The Morgan fingerprint density at radius 1 is 1.04 bits per heavy atom. The zero-order chi connectivity index (χ0) is 36.0. The number of unbranched alkanes of at least 4 members (excludes halogenated alkanes) is 1. The van der Waals surface area contributed by atoms with Crippen LogP contribution in [0.3, 0.4) is 0 Å². The summed E-state index contributed by atoms with van der Waals surface area (Å²) in [5, 5.41) is 35.2. The van der Waals surface area contributed by atoms with Crippen LogP contribution in [0.2, 0.25) is 0 Å². The summed E-state index contributed by atoms with van der Waals surface area (Å²) in [5.74, 6) is -1.13. The Labute approximate surface area is 291 Å². The van der Waals surface area contributed by atoms with Crippen LogP contribution in [0.15, 0.2) is 30.3 Å². The van der Waals surface area contributed by atoms with Crippen LogP contribution in [0.4, 0.5) is 4.79 Å². The molecular weight excluding hydrogens is 686 g/mol. The fourth-order valence-electron chi connectivity index (χ4n) is 5.41. The molecule has 3 rings (SSSR count). The van der Waals surface area contributed by atoms with E-state index in [2.05, 4.69) is 10.6 Å². The highest BCUT2D eigenvalue weighted by Gasteiger charge is 2.46. The molecule has 16 nitrogen and oxygen atoms in total. The minimum Gasteiger partial charge on any atom is -0.431 e. The first-order valence-corrected chi connectivity index (χ1v) is 18.5. The van der Waals surface area contributed by atoms with Crippen molar-refractivity contribution in [2.75, 3.05) is 33.5 Å². The number of carbonyl (C=O) groups is 3. The maximum Gasteiger partial charge on any atom is 0.508 e. The third kappa shape index (κ3) is 13.4. The number of hydrogen-bond acceptors (Lipinski definition) is 14. The van der Waals surface area contributed by atoms with Crippen LogP contribution in [0, 0.1) is 5.92 Å². The van der Waals surface area contributed by atoms with E-state index in [1.807, 2.05) is 18.2 Å². The van der Waals surface area contributed by atoms with Gasteiger partial charge >= 0.3 is 12.9 Å². The van der Waals surface area contributed by atoms with Gasteiger partial charge in [-0.25, -0.2) is 4.79 Å². The number of aliphatic hydroxyl groups excluding tert-OH is 3. The molecule has 19 heteroatoms. The van der Waals surface area contributed by atoms with Gasteiger partial charge < -0.3 is 63.6 Å². The molecule has 0 saturated carbocycles. The number of hydrogen-bond donors (Lipinski definition) is 6. The van der Waals surface area contributed by atoms with E-state index in [0.717, 1.165) is 5.56 Å². The standard InChI is InChI=1S/C30H46BN2O14PS/c1-18(35)33-24-26(38)25(37)21(15-34)46-29(24)42-14-7-6-12-23(36)32-13-8-11-20-27(47-48(40,49)41-2)22(45-28(20)31)17-44-30(39)43-16-19-9-4-3-5-10-19/h3-5,9-10,20-22,24-29,34,37-38H,6-8,11-17H2,1-2H3,(H,32,36)(H,33,35)(H,40,49)/t20?,21-,22-,24-,25+,26-,27-,28-,29-,48?/m1/s1. The lowest BCUT2D eigenvalue weighted by Crippen LogP contribution is -2.64. The first-order valence-electron chi connectivity index (χ1n) is 15.9. The molecule has 10 atom stereocenters. The van der Waals surface area contributed by atoms with E-state index in [4.69, 9.17) is 52.4 Å². The molecule has 6 N–H and O–H groups in total. The molecular formula is C30H46BN2O14PS. The van der Waals surface area contributed by atoms with Gasteiger partial charge in [-0.05, 0) is 43.1 Å². The second-order valence-corrected chi connectivity index (χ2v) is 14.5. The quantitative estimate of drug-likeness (QED) is 0.0482. The van der Waals surface area contributed by atoms with E-state index in [-0.39, 0.29) is 32.1 Å². The average Bonchev–Trinajstić information content (AvgIpc) is 3.36. The third-order valence-corrected chi connectivity index (χ3v) is 9.64. The Morgan fingerprint density at radius 2 is 1.78 bits per heavy atom. The largest absolute Gasteiger partial charge is 0.508 e. The number of benzene rings is 1. The van der Waals surface area contributed by atoms with E-state index >= 15 is 0 Å². The molecule has 2 saturated heterocycles. The molecule has 2 aliphatic heterocycles. The van der Waals surface area contributed by atoms with Crippen molar-refractivity contribution in [1.29, 1.82) is 0 Å². The summed E-state index contributed by atoms with van der Waals surface area (Å²) in [6.45, 7) is -2.75. The summed E-state index contributed by atoms with van der Waals surface area (Å²) in [7, 11) is 7.44. The molecule has 0 aromatic heterocycles. The predicted molar refractivity (Wildman–Crippen MR) is 176 cm³/mol. The summed E-state index contributed by atoms with van der Waals surface area (Å²) >= 11 is 5.04. The summed E-state index contributed by atoms with van der Waals surface area (Å²) < 4.78 is 38.0. The van der Waals surface area contributed by atoms with E-state index < -0.39 is 80.2 Å². The maximum atomic E-state index is 12.4. The highest BCUT2D eigenvalue weighted by Crippen LogP contribution is 2.48. The Morgan fingerprint density at radius 3 is 2.45 bits per heavy atom. The zero-order valence-corrected chi connectivity index (χ0v) is 29.2. The molecule has 274 valence electrons. The second-order valence-electron chi connectivity index (χ2n) is 11.6. The molecule has 2 aliphatic rings. The number of rotatable bonds is 19. The highest BCUT2D eigenvalue weighted by atomic mass is 32.5.